The molecule has 0 radical (unpaired) electrons. The smallest absolute Gasteiger partial charge is 0.342 e. The molecule has 0 bridgehead atoms. The molecule has 0 aliphatic carbocycles. The quantitative estimate of drug-likeness (QED) is 0.774. The van der Waals surface area contributed by atoms with Crippen LogP contribution >= 0.6 is 10.7 Å². The molecule has 0 aliphatic heterocycles. The van der Waals surface area contributed by atoms with Crippen LogP contribution in [0, 0.1) is 0 Å². The number of aryl methyl sites for hydroxylation is 1. The van der Waals surface area contributed by atoms with E-state index in [0.717, 1.165) is 0 Å². The van der Waals surface area contributed by atoms with Gasteiger partial charge in [0.15, 0.2) is 0 Å². The molecule has 90 valence electrons. The van der Waals surface area contributed by atoms with Crippen molar-refractivity contribution in [1.29, 1.82) is 0 Å². The van der Waals surface area contributed by atoms with Gasteiger partial charge in [-0.2, -0.15) is 4.98 Å². The zero-order valence-corrected chi connectivity index (χ0v) is 10.2. The predicted octanol–water partition coefficient (Wildman–Crippen LogP) is 0.930. The zero-order valence-electron chi connectivity index (χ0n) is 8.61. The third-order valence-corrected chi connectivity index (χ3v) is 3.10. The summed E-state index contributed by atoms with van der Waals surface area (Å²) in [7, 11) is 2.97. The van der Waals surface area contributed by atoms with E-state index in [1.165, 1.54) is 29.3 Å². The van der Waals surface area contributed by atoms with Crippen LogP contribution < -0.4 is 4.74 Å². The summed E-state index contributed by atoms with van der Waals surface area (Å²) < 4.78 is 29.0. The second-order valence-electron chi connectivity index (χ2n) is 3.05. The Balaban J connectivity index is 2.40. The van der Waals surface area contributed by atoms with Crippen LogP contribution in [0.5, 0.6) is 11.9 Å². The summed E-state index contributed by atoms with van der Waals surface area (Å²) in [4.78, 5) is 7.33. The number of hydrogen-bond donors (Lipinski definition) is 0. The average molecular weight is 275 g/mol. The van der Waals surface area contributed by atoms with Crippen LogP contribution in [0.3, 0.4) is 0 Å². The molecule has 0 aliphatic rings. The van der Waals surface area contributed by atoms with E-state index in [2.05, 4.69) is 15.1 Å². The molecule has 17 heavy (non-hydrogen) atoms. The summed E-state index contributed by atoms with van der Waals surface area (Å²) in [6, 6.07) is 2.72. The molecule has 2 heterocycles. The lowest BCUT2D eigenvalue weighted by Crippen LogP contribution is -1.99. The largest absolute Gasteiger partial charge is 0.403 e. The van der Waals surface area contributed by atoms with Crippen LogP contribution in [0.15, 0.2) is 29.6 Å². The standard InChI is InChI=1S/C8H7ClN4O3S/c1-13-5-11-8(12-13)16-7-6(17(9,14)15)3-2-4-10-7/h2-5H,1H3. The van der Waals surface area contributed by atoms with Crippen LogP contribution in [0.25, 0.3) is 0 Å². The van der Waals surface area contributed by atoms with Crippen LogP contribution in [-0.2, 0) is 16.1 Å². The molecule has 2 rings (SSSR count). The third kappa shape index (κ3) is 2.71. The highest BCUT2D eigenvalue weighted by molar-refractivity contribution is 8.13. The lowest BCUT2D eigenvalue weighted by atomic mass is 10.5. The van der Waals surface area contributed by atoms with Gasteiger partial charge >= 0.3 is 6.01 Å². The van der Waals surface area contributed by atoms with Crippen molar-refractivity contribution in [3.63, 3.8) is 0 Å². The SMILES string of the molecule is Cn1cnc(Oc2ncccc2S(=O)(=O)Cl)n1. The van der Waals surface area contributed by atoms with Gasteiger partial charge in [-0.15, -0.1) is 5.10 Å². The number of aromatic nitrogens is 4. The highest BCUT2D eigenvalue weighted by Crippen LogP contribution is 2.26. The minimum atomic E-state index is -3.92. The molecule has 9 heteroatoms. The lowest BCUT2D eigenvalue weighted by molar-refractivity contribution is 0.410. The Morgan fingerprint density at radius 2 is 2.18 bits per heavy atom. The average Bonchev–Trinajstić information content (AvgIpc) is 2.63. The van der Waals surface area contributed by atoms with Crippen LogP contribution in [0.4, 0.5) is 0 Å². The van der Waals surface area contributed by atoms with Gasteiger partial charge < -0.3 is 4.74 Å². The summed E-state index contributed by atoms with van der Waals surface area (Å²) in [5, 5.41) is 3.83. The predicted molar refractivity (Wildman–Crippen MR) is 58.4 cm³/mol. The monoisotopic (exact) mass is 274 g/mol. The molecule has 0 atom stereocenters. The Morgan fingerprint density at radius 3 is 2.76 bits per heavy atom. The van der Waals surface area contributed by atoms with E-state index in [4.69, 9.17) is 15.4 Å². The minimum Gasteiger partial charge on any atom is -0.403 e. The van der Waals surface area contributed by atoms with Crippen molar-refractivity contribution in [3.05, 3.63) is 24.7 Å². The molecule has 2 aromatic rings. The first-order valence-electron chi connectivity index (χ1n) is 4.40. The van der Waals surface area contributed by atoms with E-state index in [1.807, 2.05) is 0 Å². The first-order chi connectivity index (χ1) is 7.97. The van der Waals surface area contributed by atoms with Crippen LogP contribution in [0.1, 0.15) is 0 Å². The molecule has 0 saturated carbocycles. The number of hydrogen-bond acceptors (Lipinski definition) is 6. The molecule has 0 spiro atoms. The molecule has 2 aromatic heterocycles. The Labute approximate surface area is 101 Å². The van der Waals surface area contributed by atoms with Gasteiger partial charge in [0.1, 0.15) is 11.2 Å². The normalized spacial score (nSPS) is 11.4. The van der Waals surface area contributed by atoms with Gasteiger partial charge in [0, 0.05) is 23.9 Å². The van der Waals surface area contributed by atoms with Crippen LogP contribution in [-0.4, -0.2) is 28.2 Å². The molecule has 0 unspecified atom stereocenters. The summed E-state index contributed by atoms with van der Waals surface area (Å²) in [6.45, 7) is 0. The van der Waals surface area contributed by atoms with Crippen molar-refractivity contribution in [3.8, 4) is 11.9 Å². The highest BCUT2D eigenvalue weighted by atomic mass is 35.7. The number of nitrogens with zero attached hydrogens (tertiary/aromatic N) is 4. The van der Waals surface area contributed by atoms with Crippen molar-refractivity contribution >= 4 is 19.7 Å². The first-order valence-corrected chi connectivity index (χ1v) is 6.71. The van der Waals surface area contributed by atoms with E-state index in [-0.39, 0.29) is 16.8 Å². The fourth-order valence-electron chi connectivity index (χ4n) is 1.09. The van der Waals surface area contributed by atoms with Crippen molar-refractivity contribution < 1.29 is 13.2 Å². The van der Waals surface area contributed by atoms with Gasteiger partial charge in [-0.25, -0.2) is 13.4 Å². The Bertz CT molecular complexity index is 640. The summed E-state index contributed by atoms with van der Waals surface area (Å²) in [5.74, 6) is -0.159. The fraction of sp³-hybridized carbons (Fsp3) is 0.125. The Kier molecular flexibility index (Phi) is 2.99. The second-order valence-corrected chi connectivity index (χ2v) is 5.58. The molecule has 7 nitrogen and oxygen atoms in total. The van der Waals surface area contributed by atoms with E-state index in [9.17, 15) is 8.42 Å². The van der Waals surface area contributed by atoms with Gasteiger partial charge in [-0.05, 0) is 12.1 Å². The second kappa shape index (κ2) is 4.30. The van der Waals surface area contributed by atoms with Crippen molar-refractivity contribution in [2.45, 2.75) is 4.90 Å². The van der Waals surface area contributed by atoms with Crippen molar-refractivity contribution in [1.82, 2.24) is 19.7 Å². The van der Waals surface area contributed by atoms with E-state index < -0.39 is 9.05 Å². The summed E-state index contributed by atoms with van der Waals surface area (Å²) in [5.41, 5.74) is 0. The fourth-order valence-corrected chi connectivity index (χ4v) is 1.99. The number of halogens is 1. The molecular formula is C8H7ClN4O3S. The van der Waals surface area contributed by atoms with E-state index in [0.29, 0.717) is 0 Å². The summed E-state index contributed by atoms with van der Waals surface area (Å²) >= 11 is 0. The highest BCUT2D eigenvalue weighted by Gasteiger charge is 2.19. The van der Waals surface area contributed by atoms with Crippen LogP contribution in [0.2, 0.25) is 0 Å². The molecule has 0 saturated heterocycles. The van der Waals surface area contributed by atoms with Gasteiger partial charge in [-0.3, -0.25) is 4.68 Å². The third-order valence-electron chi connectivity index (χ3n) is 1.77. The van der Waals surface area contributed by atoms with Crippen molar-refractivity contribution in [2.75, 3.05) is 0 Å². The van der Waals surface area contributed by atoms with Gasteiger partial charge in [0.2, 0.25) is 5.88 Å². The molecular weight excluding hydrogens is 268 g/mol. The summed E-state index contributed by atoms with van der Waals surface area (Å²) in [6.07, 6.45) is 2.79. The Morgan fingerprint density at radius 1 is 1.41 bits per heavy atom. The molecule has 0 amide bonds. The number of pyridine rings is 1. The maximum atomic E-state index is 11.2. The number of rotatable bonds is 3. The van der Waals surface area contributed by atoms with Crippen molar-refractivity contribution in [2.24, 2.45) is 7.05 Å². The molecule has 0 fully saturated rings. The first kappa shape index (κ1) is 11.8. The molecule has 0 aromatic carbocycles. The van der Waals surface area contributed by atoms with Gasteiger partial charge in [0.25, 0.3) is 9.05 Å². The van der Waals surface area contributed by atoms with E-state index in [1.54, 1.807) is 7.05 Å². The maximum absolute atomic E-state index is 11.2. The lowest BCUT2D eigenvalue weighted by Gasteiger charge is -2.03. The minimum absolute atomic E-state index is 0.00670. The molecule has 0 N–H and O–H groups in total. The van der Waals surface area contributed by atoms with Gasteiger partial charge in [-0.1, -0.05) is 0 Å². The Hall–Kier alpha value is -1.67. The topological polar surface area (TPSA) is 87.0 Å². The number of ether oxygens (including phenoxy) is 1. The zero-order chi connectivity index (χ0) is 12.5. The van der Waals surface area contributed by atoms with Gasteiger partial charge in [0.05, 0.1) is 0 Å². The maximum Gasteiger partial charge on any atom is 0.342 e. The van der Waals surface area contributed by atoms with E-state index >= 15 is 0 Å².